The molecule has 0 radical (unpaired) electrons. The van der Waals surface area contributed by atoms with Gasteiger partial charge in [-0.05, 0) is 12.8 Å². The fraction of sp³-hybridized carbons (Fsp3) is 0.600. The highest BCUT2D eigenvalue weighted by atomic mass is 16.4. The van der Waals surface area contributed by atoms with Crippen molar-refractivity contribution in [2.24, 2.45) is 0 Å². The zero-order valence-corrected chi connectivity index (χ0v) is 10.1. The maximum Gasteiger partial charge on any atom is 0.358 e. The molecule has 94 valence electrons. The summed E-state index contributed by atoms with van der Waals surface area (Å²) in [6.45, 7) is 5.99. The fourth-order valence-corrected chi connectivity index (χ4v) is 1.55. The van der Waals surface area contributed by atoms with Crippen LogP contribution in [0, 0.1) is 0 Å². The van der Waals surface area contributed by atoms with Gasteiger partial charge >= 0.3 is 5.97 Å². The van der Waals surface area contributed by atoms with Crippen molar-refractivity contribution in [2.45, 2.75) is 33.2 Å². The number of hydrogen-bond acceptors (Lipinski definition) is 4. The van der Waals surface area contributed by atoms with E-state index in [1.807, 2.05) is 20.8 Å². The van der Waals surface area contributed by atoms with E-state index in [-0.39, 0.29) is 24.1 Å². The molecular weight excluding hydrogens is 224 g/mol. The zero-order valence-electron chi connectivity index (χ0n) is 10.1. The Labute approximate surface area is 98.8 Å². The fourth-order valence-electron chi connectivity index (χ4n) is 1.55. The van der Waals surface area contributed by atoms with E-state index in [4.69, 9.17) is 5.11 Å². The minimum absolute atomic E-state index is 0.0123. The van der Waals surface area contributed by atoms with Crippen LogP contribution in [0.1, 0.15) is 42.9 Å². The van der Waals surface area contributed by atoms with Gasteiger partial charge < -0.3 is 10.4 Å². The zero-order chi connectivity index (χ0) is 13.0. The molecule has 7 nitrogen and oxygen atoms in total. The molecule has 0 atom stereocenters. The predicted octanol–water partition coefficient (Wildman–Crippen LogP) is 0.236. The summed E-state index contributed by atoms with van der Waals surface area (Å²) in [6, 6.07) is 0. The summed E-state index contributed by atoms with van der Waals surface area (Å²) in [5, 5.41) is 18.9. The number of likely N-dealkylation sites (N-methyl/N-ethyl adjacent to an activating group) is 1. The molecule has 1 aromatic heterocycles. The molecule has 1 heterocycles. The van der Waals surface area contributed by atoms with E-state index >= 15 is 0 Å². The van der Waals surface area contributed by atoms with Crippen LogP contribution in [-0.2, 0) is 11.3 Å². The molecule has 0 saturated heterocycles. The smallest absolute Gasteiger partial charge is 0.358 e. The first-order valence-corrected chi connectivity index (χ1v) is 5.40. The molecule has 0 fully saturated rings. The summed E-state index contributed by atoms with van der Waals surface area (Å²) in [6.07, 6.45) is 0. The first-order valence-electron chi connectivity index (χ1n) is 5.40. The molecule has 0 bridgehead atoms. The number of aromatic carboxylic acids is 1. The van der Waals surface area contributed by atoms with Gasteiger partial charge in [0.2, 0.25) is 5.91 Å². The van der Waals surface area contributed by atoms with Crippen LogP contribution in [0.25, 0.3) is 0 Å². The highest BCUT2D eigenvalue weighted by molar-refractivity contribution is 5.86. The second-order valence-corrected chi connectivity index (χ2v) is 3.89. The van der Waals surface area contributed by atoms with E-state index in [0.29, 0.717) is 12.2 Å². The van der Waals surface area contributed by atoms with E-state index in [1.165, 1.54) is 4.68 Å². The number of carbonyl (C=O) groups excluding carboxylic acids is 1. The molecule has 0 aromatic carbocycles. The molecule has 0 aliphatic heterocycles. The molecule has 1 aromatic rings. The summed E-state index contributed by atoms with van der Waals surface area (Å²) in [5.74, 6) is -1.40. The number of hydrogen-bond donors (Lipinski definition) is 2. The van der Waals surface area contributed by atoms with Crippen molar-refractivity contribution in [3.05, 3.63) is 11.4 Å². The molecule has 0 aliphatic rings. The predicted molar refractivity (Wildman–Crippen MR) is 59.8 cm³/mol. The second kappa shape index (κ2) is 5.42. The van der Waals surface area contributed by atoms with Crippen LogP contribution in [0.3, 0.4) is 0 Å². The standard InChI is InChI=1S/C10H16N4O3/c1-4-11-7(15)5-14-9(6(2)3)8(10(16)17)12-13-14/h6H,4-5H2,1-3H3,(H,11,15)(H,16,17). The van der Waals surface area contributed by atoms with Crippen molar-refractivity contribution < 1.29 is 14.7 Å². The van der Waals surface area contributed by atoms with E-state index in [9.17, 15) is 9.59 Å². The number of rotatable bonds is 5. The van der Waals surface area contributed by atoms with Gasteiger partial charge in [0.05, 0.1) is 5.69 Å². The lowest BCUT2D eigenvalue weighted by molar-refractivity contribution is -0.121. The minimum Gasteiger partial charge on any atom is -0.476 e. The summed E-state index contributed by atoms with van der Waals surface area (Å²) in [5.41, 5.74) is 0.369. The van der Waals surface area contributed by atoms with E-state index in [1.54, 1.807) is 0 Å². The molecule has 2 N–H and O–H groups in total. The Balaban J connectivity index is 3.00. The van der Waals surface area contributed by atoms with Gasteiger partial charge in [-0.15, -0.1) is 5.10 Å². The topological polar surface area (TPSA) is 97.1 Å². The number of carboxylic acid groups (broad SMARTS) is 1. The number of carbonyl (C=O) groups is 2. The Hall–Kier alpha value is -1.92. The Morgan fingerprint density at radius 2 is 2.12 bits per heavy atom. The van der Waals surface area contributed by atoms with Crippen LogP contribution in [0.5, 0.6) is 0 Å². The van der Waals surface area contributed by atoms with Crippen molar-refractivity contribution >= 4 is 11.9 Å². The second-order valence-electron chi connectivity index (χ2n) is 3.89. The maximum absolute atomic E-state index is 11.4. The van der Waals surface area contributed by atoms with Gasteiger partial charge in [0.15, 0.2) is 5.69 Å². The van der Waals surface area contributed by atoms with Crippen LogP contribution >= 0.6 is 0 Å². The van der Waals surface area contributed by atoms with Gasteiger partial charge in [-0.2, -0.15) is 0 Å². The van der Waals surface area contributed by atoms with Crippen molar-refractivity contribution in [3.8, 4) is 0 Å². The largest absolute Gasteiger partial charge is 0.476 e. The Morgan fingerprint density at radius 1 is 1.47 bits per heavy atom. The summed E-state index contributed by atoms with van der Waals surface area (Å²) in [7, 11) is 0. The van der Waals surface area contributed by atoms with Crippen LogP contribution < -0.4 is 5.32 Å². The lowest BCUT2D eigenvalue weighted by Crippen LogP contribution is -2.28. The van der Waals surface area contributed by atoms with Crippen LogP contribution in [0.4, 0.5) is 0 Å². The molecule has 0 unspecified atom stereocenters. The molecule has 1 amide bonds. The molecule has 0 saturated carbocycles. The Morgan fingerprint density at radius 3 is 2.59 bits per heavy atom. The van der Waals surface area contributed by atoms with E-state index < -0.39 is 5.97 Å². The molecule has 0 aliphatic carbocycles. The third-order valence-corrected chi connectivity index (χ3v) is 2.19. The molecule has 0 spiro atoms. The number of nitrogens with zero attached hydrogens (tertiary/aromatic N) is 3. The van der Waals surface area contributed by atoms with E-state index in [0.717, 1.165) is 0 Å². The third kappa shape index (κ3) is 3.02. The average Bonchev–Trinajstić information content (AvgIpc) is 2.61. The van der Waals surface area contributed by atoms with Crippen LogP contribution in [0.15, 0.2) is 0 Å². The van der Waals surface area contributed by atoms with Gasteiger partial charge in [0.25, 0.3) is 0 Å². The Bertz CT molecular complexity index is 425. The van der Waals surface area contributed by atoms with Gasteiger partial charge in [-0.1, -0.05) is 19.1 Å². The van der Waals surface area contributed by atoms with Crippen LogP contribution in [0.2, 0.25) is 0 Å². The lowest BCUT2D eigenvalue weighted by Gasteiger charge is -2.09. The van der Waals surface area contributed by atoms with Crippen molar-refractivity contribution in [1.29, 1.82) is 0 Å². The summed E-state index contributed by atoms with van der Waals surface area (Å²) < 4.78 is 1.33. The van der Waals surface area contributed by atoms with Crippen molar-refractivity contribution in [2.75, 3.05) is 6.54 Å². The normalized spacial score (nSPS) is 10.6. The number of carboxylic acids is 1. The number of aromatic nitrogens is 3. The van der Waals surface area contributed by atoms with Gasteiger partial charge in [0.1, 0.15) is 6.54 Å². The van der Waals surface area contributed by atoms with Crippen molar-refractivity contribution in [1.82, 2.24) is 20.3 Å². The third-order valence-electron chi connectivity index (χ3n) is 2.19. The monoisotopic (exact) mass is 240 g/mol. The summed E-state index contributed by atoms with van der Waals surface area (Å²) >= 11 is 0. The first-order chi connectivity index (χ1) is 7.97. The molecule has 17 heavy (non-hydrogen) atoms. The summed E-state index contributed by atoms with van der Waals surface area (Å²) in [4.78, 5) is 22.4. The molecule has 1 rings (SSSR count). The minimum atomic E-state index is -1.13. The number of amides is 1. The van der Waals surface area contributed by atoms with Gasteiger partial charge in [0, 0.05) is 6.54 Å². The molecular formula is C10H16N4O3. The van der Waals surface area contributed by atoms with Crippen molar-refractivity contribution in [3.63, 3.8) is 0 Å². The van der Waals surface area contributed by atoms with Gasteiger partial charge in [-0.25, -0.2) is 9.48 Å². The molecule has 7 heteroatoms. The van der Waals surface area contributed by atoms with Crippen LogP contribution in [-0.4, -0.2) is 38.5 Å². The SMILES string of the molecule is CCNC(=O)Cn1nnc(C(=O)O)c1C(C)C. The highest BCUT2D eigenvalue weighted by Crippen LogP contribution is 2.17. The average molecular weight is 240 g/mol. The maximum atomic E-state index is 11.4. The number of nitrogens with one attached hydrogen (secondary N) is 1. The Kier molecular flexibility index (Phi) is 4.19. The quantitative estimate of drug-likeness (QED) is 0.768. The van der Waals surface area contributed by atoms with Gasteiger partial charge in [-0.3, -0.25) is 4.79 Å². The first kappa shape index (κ1) is 13.1. The highest BCUT2D eigenvalue weighted by Gasteiger charge is 2.22. The van der Waals surface area contributed by atoms with E-state index in [2.05, 4.69) is 15.6 Å². The lowest BCUT2D eigenvalue weighted by atomic mass is 10.1.